The van der Waals surface area contributed by atoms with Crippen molar-refractivity contribution < 1.29 is 18.7 Å². The van der Waals surface area contributed by atoms with Crippen molar-refractivity contribution in [3.8, 4) is 17.2 Å². The van der Waals surface area contributed by atoms with E-state index in [-0.39, 0.29) is 47.3 Å². The number of pyridine rings is 1. The first-order chi connectivity index (χ1) is 27.1. The van der Waals surface area contributed by atoms with Crippen LogP contribution in [0.3, 0.4) is 0 Å². The minimum absolute atomic E-state index is 0.0117. The molecule has 10 rings (SSSR count). The van der Waals surface area contributed by atoms with Gasteiger partial charge in [-0.15, -0.1) is 0 Å². The number of amides is 2. The molecule has 7 N–H and O–H groups in total. The van der Waals surface area contributed by atoms with Crippen molar-refractivity contribution in [2.75, 3.05) is 39.4 Å². The van der Waals surface area contributed by atoms with Gasteiger partial charge in [0, 0.05) is 76.7 Å². The molecule has 4 aliphatic heterocycles. The Hall–Kier alpha value is -4.45. The van der Waals surface area contributed by atoms with Crippen LogP contribution in [0.2, 0.25) is 10.0 Å². The molecule has 4 aromatic rings. The van der Waals surface area contributed by atoms with E-state index in [9.17, 15) is 14.9 Å². The molecular weight excluding hydrogens is 756 g/mol. The number of aromatic nitrogens is 2. The van der Waals surface area contributed by atoms with Crippen LogP contribution in [-0.4, -0.2) is 77.0 Å². The van der Waals surface area contributed by atoms with E-state index in [1.54, 1.807) is 23.1 Å². The molecule has 6 aliphatic rings. The van der Waals surface area contributed by atoms with Gasteiger partial charge in [0.25, 0.3) is 0 Å². The number of carbonyl (C=O) groups is 2. The highest BCUT2D eigenvalue weighted by Crippen LogP contribution is 2.43. The fourth-order valence-corrected chi connectivity index (χ4v) is 8.56. The van der Waals surface area contributed by atoms with Gasteiger partial charge in [0.05, 0.1) is 40.8 Å². The normalized spacial score (nSPS) is 21.6. The maximum Gasteiger partial charge on any atom is 0.248 e. The summed E-state index contributed by atoms with van der Waals surface area (Å²) in [6, 6.07) is 12.2. The van der Waals surface area contributed by atoms with Crippen LogP contribution in [0.1, 0.15) is 67.9 Å². The number of rotatable bonds is 8. The van der Waals surface area contributed by atoms with Crippen LogP contribution < -0.4 is 22.3 Å². The minimum atomic E-state index is -0.484. The molecule has 6 fully saturated rings. The first-order valence-corrected chi connectivity index (χ1v) is 20.1. The molecule has 296 valence electrons. The third-order valence-corrected chi connectivity index (χ3v) is 12.1. The predicted molar refractivity (Wildman–Crippen MR) is 216 cm³/mol. The summed E-state index contributed by atoms with van der Waals surface area (Å²) in [6.07, 6.45) is 8.81. The Morgan fingerprint density at radius 2 is 2.00 bits per heavy atom. The minimum Gasteiger partial charge on any atom is -0.399 e. The van der Waals surface area contributed by atoms with Crippen LogP contribution in [0.15, 0.2) is 42.2 Å². The topological polar surface area (TPSA) is 178 Å². The molecule has 2 saturated carbocycles. The van der Waals surface area contributed by atoms with Gasteiger partial charge in [0.1, 0.15) is 12.1 Å². The number of likely N-dealkylation sites (tertiary alicyclic amines) is 1. The van der Waals surface area contributed by atoms with Crippen LogP contribution >= 0.6 is 23.2 Å². The van der Waals surface area contributed by atoms with E-state index in [0.717, 1.165) is 60.8 Å². The number of hydrogen-bond donors (Lipinski definition) is 5. The van der Waals surface area contributed by atoms with E-state index < -0.39 is 5.82 Å². The lowest BCUT2D eigenvalue weighted by Gasteiger charge is -2.26. The molecule has 0 radical (unpaired) electrons. The number of morpholine rings is 1. The number of benzene rings is 2. The highest BCUT2D eigenvalue weighted by atomic mass is 35.5. The number of nitriles is 1. The molecule has 2 aromatic carbocycles. The Bertz CT molecular complexity index is 2180. The Morgan fingerprint density at radius 3 is 2.66 bits per heavy atom. The summed E-state index contributed by atoms with van der Waals surface area (Å²) in [4.78, 5) is 36.0. The first-order valence-electron chi connectivity index (χ1n) is 19.3. The van der Waals surface area contributed by atoms with E-state index in [1.165, 1.54) is 25.6 Å². The number of nitrogens with two attached hydrogens (primary N) is 2. The van der Waals surface area contributed by atoms with Crippen molar-refractivity contribution in [1.82, 2.24) is 30.5 Å². The van der Waals surface area contributed by atoms with Crippen LogP contribution in [0, 0.1) is 35.9 Å². The number of fused-ring (bicyclic) bond motifs is 4. The first kappa shape index (κ1) is 39.8. The number of ether oxygens (including phenoxy) is 1. The fourth-order valence-electron chi connectivity index (χ4n) is 8.16. The van der Waals surface area contributed by atoms with Gasteiger partial charge < -0.3 is 36.0 Å². The average Bonchev–Trinajstić information content (AvgIpc) is 3.57. The van der Waals surface area contributed by atoms with E-state index in [0.29, 0.717) is 64.6 Å². The monoisotopic (exact) mass is 803 g/mol. The molecule has 2 bridgehead atoms. The predicted octanol–water partition coefficient (Wildman–Crippen LogP) is 6.14. The van der Waals surface area contributed by atoms with Gasteiger partial charge in [-0.1, -0.05) is 35.3 Å². The SMILES string of the molecule is C1NC2CC1C2.Cc1nc2c(F)c(-c3cccc(Cl)c3Cl)c(CCC#N)cc2c2[nH]c(C3CCCN3C(=O)C3CC3)cc12.NN/C=C(\N)CN1CCOCC1=O. The van der Waals surface area contributed by atoms with E-state index in [2.05, 4.69) is 32.8 Å². The fraction of sp³-hybridized carbons (Fsp3) is 0.463. The second-order valence-electron chi connectivity index (χ2n) is 15.3. The van der Waals surface area contributed by atoms with Gasteiger partial charge in [0.2, 0.25) is 11.8 Å². The summed E-state index contributed by atoms with van der Waals surface area (Å²) < 4.78 is 21.3. The molecule has 12 nitrogen and oxygen atoms in total. The number of halogens is 3. The van der Waals surface area contributed by atoms with Gasteiger partial charge >= 0.3 is 0 Å². The second kappa shape index (κ2) is 17.4. The lowest BCUT2D eigenvalue weighted by Crippen LogP contribution is -2.43. The van der Waals surface area contributed by atoms with Gasteiger partial charge in [-0.2, -0.15) is 5.26 Å². The molecule has 2 aliphatic carbocycles. The number of hydrogen-bond acceptors (Lipinski definition) is 9. The summed E-state index contributed by atoms with van der Waals surface area (Å²) in [5, 5.41) is 14.8. The van der Waals surface area contributed by atoms with E-state index in [1.807, 2.05) is 17.9 Å². The van der Waals surface area contributed by atoms with Crippen LogP contribution in [0.4, 0.5) is 4.39 Å². The van der Waals surface area contributed by atoms with Crippen molar-refractivity contribution in [1.29, 1.82) is 5.26 Å². The van der Waals surface area contributed by atoms with E-state index in [4.69, 9.17) is 39.5 Å². The number of H-pyrrole nitrogens is 1. The molecular formula is C41H48Cl2FN9O3. The molecule has 15 heteroatoms. The summed E-state index contributed by atoms with van der Waals surface area (Å²) >= 11 is 12.8. The number of carbonyl (C=O) groups excluding carboxylic acids is 2. The molecule has 2 amide bonds. The van der Waals surface area contributed by atoms with Gasteiger partial charge in [0.15, 0.2) is 5.82 Å². The summed E-state index contributed by atoms with van der Waals surface area (Å²) in [5.41, 5.74) is 12.6. The van der Waals surface area contributed by atoms with Gasteiger partial charge in [-0.3, -0.25) is 15.4 Å². The molecule has 56 heavy (non-hydrogen) atoms. The third-order valence-electron chi connectivity index (χ3n) is 11.3. The third kappa shape index (κ3) is 8.45. The Kier molecular flexibility index (Phi) is 12.3. The number of nitrogens with one attached hydrogen (secondary N) is 3. The molecule has 6 heterocycles. The maximum atomic E-state index is 16.3. The van der Waals surface area contributed by atoms with Crippen molar-refractivity contribution in [3.05, 3.63) is 75.0 Å². The van der Waals surface area contributed by atoms with Gasteiger partial charge in [-0.25, -0.2) is 9.37 Å². The van der Waals surface area contributed by atoms with Crippen LogP contribution in [0.25, 0.3) is 32.9 Å². The van der Waals surface area contributed by atoms with Crippen molar-refractivity contribution in [3.63, 3.8) is 0 Å². The van der Waals surface area contributed by atoms with Crippen LogP contribution in [0.5, 0.6) is 0 Å². The van der Waals surface area contributed by atoms with Crippen LogP contribution in [-0.2, 0) is 20.7 Å². The standard InChI is InChI=1S/C29H25Cl2FN4O.C7H14N4O2.C5H9N/c1-15-19-14-22(23-8-4-12-36(23)29(37)16-9-10-16)35-27(19)20-13-17(5-3-11-33)24(26(32)28(20)34-15)18-6-2-7-21(30)25(18)31;8-6(3-10-9)4-11-1-2-13-5-7(11)12;1-4-2-5(1)6-3-4/h2,6-7,13-14,16,23,35H,3-5,8-10,12H2,1H3;3,10H,1-2,4-5,8-9H2;4-6H,1-3H2/b;6-3-;. The molecule has 1 atom stereocenters. The summed E-state index contributed by atoms with van der Waals surface area (Å²) in [6.45, 7) is 5.63. The lowest BCUT2D eigenvalue weighted by atomic mass is 9.87. The number of hydrazine groups is 1. The number of aromatic amines is 1. The lowest BCUT2D eigenvalue weighted by molar-refractivity contribution is -0.142. The largest absolute Gasteiger partial charge is 0.399 e. The maximum absolute atomic E-state index is 16.3. The highest BCUT2D eigenvalue weighted by molar-refractivity contribution is 6.43. The van der Waals surface area contributed by atoms with E-state index >= 15 is 4.39 Å². The molecule has 1 unspecified atom stereocenters. The quantitative estimate of drug-likeness (QED) is 0.103. The van der Waals surface area contributed by atoms with Gasteiger partial charge in [-0.05, 0) is 88.1 Å². The summed E-state index contributed by atoms with van der Waals surface area (Å²) in [7, 11) is 0. The zero-order valence-electron chi connectivity index (χ0n) is 31.5. The average molecular weight is 805 g/mol. The smallest absolute Gasteiger partial charge is 0.248 e. The summed E-state index contributed by atoms with van der Waals surface area (Å²) in [5.74, 6) is 6.00. The molecule has 2 aromatic heterocycles. The second-order valence-corrected chi connectivity index (χ2v) is 16.0. The molecule has 0 spiro atoms. The Balaban J connectivity index is 0.000000206. The zero-order chi connectivity index (χ0) is 39.5. The number of aryl methyl sites for hydroxylation is 2. The number of nitrogens with zero attached hydrogens (tertiary/aromatic N) is 4. The Morgan fingerprint density at radius 1 is 1.20 bits per heavy atom. The Labute approximate surface area is 335 Å². The van der Waals surface area contributed by atoms with Crippen molar-refractivity contribution in [2.45, 2.75) is 70.4 Å². The molecule has 4 saturated heterocycles. The van der Waals surface area contributed by atoms with Crippen molar-refractivity contribution in [2.24, 2.45) is 23.4 Å². The van der Waals surface area contributed by atoms with Crippen molar-refractivity contribution >= 4 is 56.8 Å². The zero-order valence-corrected chi connectivity index (χ0v) is 33.0. The highest BCUT2D eigenvalue weighted by Gasteiger charge is 2.39.